The fourth-order valence-electron chi connectivity index (χ4n) is 1.67. The van der Waals surface area contributed by atoms with Crippen molar-refractivity contribution in [3.63, 3.8) is 0 Å². The van der Waals surface area contributed by atoms with Gasteiger partial charge < -0.3 is 9.63 Å². The first-order valence-corrected chi connectivity index (χ1v) is 8.19. The first-order chi connectivity index (χ1) is 8.33. The average molecular weight is 294 g/mol. The van der Waals surface area contributed by atoms with E-state index in [0.717, 1.165) is 0 Å². The maximum absolute atomic E-state index is 12.2. The minimum absolute atomic E-state index is 0.0761. The van der Waals surface area contributed by atoms with Gasteiger partial charge in [0.05, 0.1) is 6.61 Å². The van der Waals surface area contributed by atoms with Crippen LogP contribution < -0.4 is 4.72 Å². The number of rotatable bonds is 6. The van der Waals surface area contributed by atoms with Crippen molar-refractivity contribution in [1.82, 2.24) is 9.88 Å². The maximum Gasteiger partial charge on any atom is 0.246 e. The highest BCUT2D eigenvalue weighted by Crippen LogP contribution is 2.20. The van der Waals surface area contributed by atoms with E-state index in [9.17, 15) is 8.42 Å². The summed E-state index contributed by atoms with van der Waals surface area (Å²) in [6, 6.07) is -0.385. The van der Waals surface area contributed by atoms with Gasteiger partial charge in [-0.15, -0.1) is 0 Å². The van der Waals surface area contributed by atoms with Crippen molar-refractivity contribution in [2.24, 2.45) is 0 Å². The molecule has 8 heteroatoms. The van der Waals surface area contributed by atoms with Crippen molar-refractivity contribution in [3.8, 4) is 0 Å². The Balaban J connectivity index is 2.96. The minimum Gasteiger partial charge on any atom is -0.395 e. The summed E-state index contributed by atoms with van der Waals surface area (Å²) in [4.78, 5) is 0.0761. The SMILES string of the molecule is CSC(CO)C(C)NS(=O)(=O)c1c(C)noc1C. The first kappa shape index (κ1) is 15.5. The van der Waals surface area contributed by atoms with Crippen LogP contribution in [-0.4, -0.2) is 42.8 Å². The average Bonchev–Trinajstić information content (AvgIpc) is 2.59. The van der Waals surface area contributed by atoms with Crippen molar-refractivity contribution in [2.45, 2.75) is 37.0 Å². The van der Waals surface area contributed by atoms with Crippen LogP contribution in [0.15, 0.2) is 9.42 Å². The predicted molar refractivity (Wildman–Crippen MR) is 70.1 cm³/mol. The molecule has 0 saturated heterocycles. The quantitative estimate of drug-likeness (QED) is 0.801. The lowest BCUT2D eigenvalue weighted by Crippen LogP contribution is -2.41. The third-order valence-electron chi connectivity index (χ3n) is 2.62. The number of aliphatic hydroxyl groups is 1. The smallest absolute Gasteiger partial charge is 0.246 e. The highest BCUT2D eigenvalue weighted by atomic mass is 32.2. The molecule has 0 aliphatic heterocycles. The van der Waals surface area contributed by atoms with E-state index in [1.165, 1.54) is 11.8 Å². The summed E-state index contributed by atoms with van der Waals surface area (Å²) in [6.45, 7) is 4.75. The summed E-state index contributed by atoms with van der Waals surface area (Å²) < 4.78 is 31.7. The Hall–Kier alpha value is -0.570. The standard InChI is InChI=1S/C10H18N2O4S2/c1-6(9(5-13)17-4)12-18(14,15)10-7(2)11-16-8(10)3/h6,9,12-13H,5H2,1-4H3. The molecule has 1 heterocycles. The lowest BCUT2D eigenvalue weighted by Gasteiger charge is -2.20. The molecule has 0 amide bonds. The normalized spacial score (nSPS) is 15.6. The molecule has 18 heavy (non-hydrogen) atoms. The molecule has 6 nitrogen and oxygen atoms in total. The number of aromatic nitrogens is 1. The van der Waals surface area contributed by atoms with Crippen LogP contribution in [0.2, 0.25) is 0 Å². The van der Waals surface area contributed by atoms with Gasteiger partial charge in [0, 0.05) is 11.3 Å². The van der Waals surface area contributed by atoms with Crippen LogP contribution in [0.1, 0.15) is 18.4 Å². The Morgan fingerprint density at radius 2 is 2.11 bits per heavy atom. The van der Waals surface area contributed by atoms with Gasteiger partial charge in [0.25, 0.3) is 0 Å². The summed E-state index contributed by atoms with van der Waals surface area (Å²) in [6.07, 6.45) is 1.82. The van der Waals surface area contributed by atoms with Crippen LogP contribution in [0.4, 0.5) is 0 Å². The molecule has 0 bridgehead atoms. The van der Waals surface area contributed by atoms with Crippen LogP contribution in [0, 0.1) is 13.8 Å². The lowest BCUT2D eigenvalue weighted by atomic mass is 10.3. The molecule has 104 valence electrons. The van der Waals surface area contributed by atoms with Gasteiger partial charge in [-0.25, -0.2) is 13.1 Å². The molecule has 0 spiro atoms. The Labute approximate surface area is 111 Å². The summed E-state index contributed by atoms with van der Waals surface area (Å²) in [5, 5.41) is 12.6. The largest absolute Gasteiger partial charge is 0.395 e. The molecule has 2 N–H and O–H groups in total. The van der Waals surface area contributed by atoms with E-state index in [2.05, 4.69) is 9.88 Å². The number of hydrogen-bond donors (Lipinski definition) is 2. The van der Waals surface area contributed by atoms with E-state index < -0.39 is 10.0 Å². The Morgan fingerprint density at radius 1 is 1.50 bits per heavy atom. The van der Waals surface area contributed by atoms with Gasteiger partial charge in [-0.1, -0.05) is 5.16 Å². The number of aliphatic hydroxyl groups excluding tert-OH is 1. The molecule has 1 aromatic heterocycles. The molecule has 0 aromatic carbocycles. The third kappa shape index (κ3) is 3.25. The van der Waals surface area contributed by atoms with E-state index in [-0.39, 0.29) is 28.6 Å². The predicted octanol–water partition coefficient (Wildman–Crippen LogP) is 0.682. The molecular formula is C10H18N2O4S2. The van der Waals surface area contributed by atoms with E-state index >= 15 is 0 Å². The summed E-state index contributed by atoms with van der Waals surface area (Å²) >= 11 is 1.41. The van der Waals surface area contributed by atoms with Crippen LogP contribution in [-0.2, 0) is 10.0 Å². The number of thioether (sulfide) groups is 1. The van der Waals surface area contributed by atoms with Crippen molar-refractivity contribution >= 4 is 21.8 Å². The van der Waals surface area contributed by atoms with E-state index in [1.807, 2.05) is 6.26 Å². The molecular weight excluding hydrogens is 276 g/mol. The Bertz CT molecular complexity index is 474. The highest BCUT2D eigenvalue weighted by molar-refractivity contribution is 7.99. The van der Waals surface area contributed by atoms with E-state index in [0.29, 0.717) is 5.69 Å². The zero-order chi connectivity index (χ0) is 13.9. The minimum atomic E-state index is -3.67. The maximum atomic E-state index is 12.2. The van der Waals surface area contributed by atoms with Crippen LogP contribution in [0.25, 0.3) is 0 Å². The van der Waals surface area contributed by atoms with Gasteiger partial charge in [0.1, 0.15) is 10.6 Å². The number of hydrogen-bond acceptors (Lipinski definition) is 6. The first-order valence-electron chi connectivity index (χ1n) is 5.42. The molecule has 2 unspecified atom stereocenters. The van der Waals surface area contributed by atoms with Gasteiger partial charge in [0.15, 0.2) is 5.76 Å². The van der Waals surface area contributed by atoms with Crippen molar-refractivity contribution < 1.29 is 18.0 Å². The Morgan fingerprint density at radius 3 is 2.50 bits per heavy atom. The van der Waals surface area contributed by atoms with Crippen LogP contribution in [0.5, 0.6) is 0 Å². The zero-order valence-corrected chi connectivity index (χ0v) is 12.4. The van der Waals surface area contributed by atoms with Gasteiger partial charge in [-0.3, -0.25) is 0 Å². The van der Waals surface area contributed by atoms with Crippen LogP contribution in [0.3, 0.4) is 0 Å². The van der Waals surface area contributed by atoms with Gasteiger partial charge in [-0.05, 0) is 27.0 Å². The van der Waals surface area contributed by atoms with Crippen LogP contribution >= 0.6 is 11.8 Å². The second-order valence-electron chi connectivity index (χ2n) is 4.02. The second kappa shape index (κ2) is 6.05. The van der Waals surface area contributed by atoms with Crippen molar-refractivity contribution in [2.75, 3.05) is 12.9 Å². The topological polar surface area (TPSA) is 92.4 Å². The highest BCUT2D eigenvalue weighted by Gasteiger charge is 2.28. The molecule has 0 aliphatic carbocycles. The summed E-state index contributed by atoms with van der Waals surface area (Å²) in [5.41, 5.74) is 0.330. The molecule has 0 radical (unpaired) electrons. The number of nitrogens with zero attached hydrogens (tertiary/aromatic N) is 1. The lowest BCUT2D eigenvalue weighted by molar-refractivity contribution is 0.282. The second-order valence-corrected chi connectivity index (χ2v) is 6.75. The fraction of sp³-hybridized carbons (Fsp3) is 0.700. The fourth-order valence-corrected chi connectivity index (χ4v) is 4.00. The molecule has 0 saturated carbocycles. The monoisotopic (exact) mass is 294 g/mol. The van der Waals surface area contributed by atoms with E-state index in [1.54, 1.807) is 20.8 Å². The molecule has 0 aliphatic rings. The van der Waals surface area contributed by atoms with Gasteiger partial charge >= 0.3 is 0 Å². The van der Waals surface area contributed by atoms with Gasteiger partial charge in [0.2, 0.25) is 10.0 Å². The number of nitrogens with one attached hydrogen (secondary N) is 1. The third-order valence-corrected chi connectivity index (χ3v) is 5.58. The molecule has 0 fully saturated rings. The van der Waals surface area contributed by atoms with E-state index in [4.69, 9.17) is 9.63 Å². The summed E-state index contributed by atoms with van der Waals surface area (Å²) in [7, 11) is -3.67. The number of aryl methyl sites for hydroxylation is 2. The van der Waals surface area contributed by atoms with Crippen molar-refractivity contribution in [3.05, 3.63) is 11.5 Å². The van der Waals surface area contributed by atoms with Gasteiger partial charge in [-0.2, -0.15) is 11.8 Å². The number of sulfonamides is 1. The molecule has 1 rings (SSSR count). The van der Waals surface area contributed by atoms with Crippen molar-refractivity contribution in [1.29, 1.82) is 0 Å². The summed E-state index contributed by atoms with van der Waals surface area (Å²) in [5.74, 6) is 0.261. The Kier molecular flexibility index (Phi) is 5.20. The molecule has 2 atom stereocenters. The zero-order valence-electron chi connectivity index (χ0n) is 10.8. The molecule has 1 aromatic rings.